The number of phenols is 1. The summed E-state index contributed by atoms with van der Waals surface area (Å²) in [6.45, 7) is 0.468. The lowest BCUT2D eigenvalue weighted by Gasteiger charge is -2.03. The van der Waals surface area contributed by atoms with Gasteiger partial charge in [0, 0.05) is 18.8 Å². The molecule has 0 aliphatic heterocycles. The molecule has 14 heavy (non-hydrogen) atoms. The molecule has 0 aliphatic carbocycles. The maximum atomic E-state index is 11.0. The van der Waals surface area contributed by atoms with Gasteiger partial charge in [-0.15, -0.1) is 11.6 Å². The van der Waals surface area contributed by atoms with Crippen molar-refractivity contribution in [3.8, 4) is 5.75 Å². The Morgan fingerprint density at radius 2 is 2.00 bits per heavy atom. The Kier molecular flexibility index (Phi) is 4.26. The summed E-state index contributed by atoms with van der Waals surface area (Å²) in [4.78, 5) is 11.0. The van der Waals surface area contributed by atoms with Gasteiger partial charge in [0.25, 0.3) is 0 Å². The Labute approximate surface area is 87.7 Å². The summed E-state index contributed by atoms with van der Waals surface area (Å²) < 4.78 is 0. The van der Waals surface area contributed by atoms with Crippen molar-refractivity contribution in [2.24, 2.45) is 0 Å². The van der Waals surface area contributed by atoms with E-state index in [0.717, 1.165) is 5.56 Å². The van der Waals surface area contributed by atoms with Crippen molar-refractivity contribution in [1.82, 2.24) is 5.32 Å². The van der Waals surface area contributed by atoms with E-state index in [9.17, 15) is 4.79 Å². The summed E-state index contributed by atoms with van der Waals surface area (Å²) in [5, 5.41) is 11.7. The number of rotatable bonds is 4. The number of amides is 1. The summed E-state index contributed by atoms with van der Waals surface area (Å²) in [6.07, 6.45) is 0.333. The third kappa shape index (κ3) is 3.66. The van der Waals surface area contributed by atoms with Crippen molar-refractivity contribution in [3.63, 3.8) is 0 Å². The second-order valence-corrected chi connectivity index (χ2v) is 3.26. The molecule has 0 atom stereocenters. The van der Waals surface area contributed by atoms with E-state index >= 15 is 0 Å². The van der Waals surface area contributed by atoms with Gasteiger partial charge in [-0.05, 0) is 17.7 Å². The van der Waals surface area contributed by atoms with Gasteiger partial charge in [0.2, 0.25) is 5.91 Å². The lowest BCUT2D eigenvalue weighted by atomic mass is 10.2. The number of alkyl halides is 1. The molecule has 0 spiro atoms. The van der Waals surface area contributed by atoms with Gasteiger partial charge >= 0.3 is 0 Å². The fraction of sp³-hybridized carbons (Fsp3) is 0.300. The summed E-state index contributed by atoms with van der Waals surface area (Å²) in [6, 6.07) is 6.69. The largest absolute Gasteiger partial charge is 0.508 e. The second kappa shape index (κ2) is 5.50. The van der Waals surface area contributed by atoms with Crippen LogP contribution >= 0.6 is 11.6 Å². The smallest absolute Gasteiger partial charge is 0.221 e. The van der Waals surface area contributed by atoms with E-state index in [4.69, 9.17) is 16.7 Å². The molecular formula is C10H12ClNO2. The van der Waals surface area contributed by atoms with Crippen molar-refractivity contribution in [2.75, 3.05) is 5.88 Å². The number of aromatic hydroxyl groups is 1. The first-order chi connectivity index (χ1) is 6.72. The minimum atomic E-state index is -0.0620. The van der Waals surface area contributed by atoms with Crippen LogP contribution in [-0.2, 0) is 11.3 Å². The van der Waals surface area contributed by atoms with E-state index in [1.54, 1.807) is 24.3 Å². The van der Waals surface area contributed by atoms with E-state index in [1.807, 2.05) is 0 Å². The van der Waals surface area contributed by atoms with Crippen LogP contribution in [0.1, 0.15) is 12.0 Å². The molecule has 0 unspecified atom stereocenters. The van der Waals surface area contributed by atoms with Crippen LogP contribution < -0.4 is 5.32 Å². The van der Waals surface area contributed by atoms with Gasteiger partial charge < -0.3 is 10.4 Å². The Morgan fingerprint density at radius 3 is 2.57 bits per heavy atom. The number of phenolic OH excluding ortho intramolecular Hbond substituents is 1. The van der Waals surface area contributed by atoms with Crippen molar-refractivity contribution in [3.05, 3.63) is 29.8 Å². The van der Waals surface area contributed by atoms with E-state index in [-0.39, 0.29) is 11.7 Å². The Bertz CT molecular complexity index is 297. The summed E-state index contributed by atoms with van der Waals surface area (Å²) >= 11 is 5.41. The van der Waals surface area contributed by atoms with Crippen molar-refractivity contribution in [2.45, 2.75) is 13.0 Å². The Hall–Kier alpha value is -1.22. The normalized spacial score (nSPS) is 9.79. The summed E-state index contributed by atoms with van der Waals surface area (Å²) in [5.74, 6) is 0.496. The first-order valence-electron chi connectivity index (χ1n) is 4.33. The molecule has 0 radical (unpaired) electrons. The average Bonchev–Trinajstić information content (AvgIpc) is 2.17. The molecule has 4 heteroatoms. The van der Waals surface area contributed by atoms with Crippen LogP contribution in [0.3, 0.4) is 0 Å². The van der Waals surface area contributed by atoms with Gasteiger partial charge in [0.1, 0.15) is 5.75 Å². The molecule has 0 aromatic heterocycles. The predicted molar refractivity (Wildman–Crippen MR) is 55.3 cm³/mol. The highest BCUT2D eigenvalue weighted by Crippen LogP contribution is 2.09. The first-order valence-corrected chi connectivity index (χ1v) is 4.86. The third-order valence-electron chi connectivity index (χ3n) is 1.75. The third-order valence-corrected chi connectivity index (χ3v) is 1.94. The molecule has 0 saturated heterocycles. The quantitative estimate of drug-likeness (QED) is 0.747. The average molecular weight is 214 g/mol. The van der Waals surface area contributed by atoms with Crippen LogP contribution in [0.2, 0.25) is 0 Å². The first kappa shape index (κ1) is 10.9. The summed E-state index contributed by atoms with van der Waals surface area (Å²) in [5.41, 5.74) is 0.950. The van der Waals surface area contributed by atoms with Crippen LogP contribution in [0.4, 0.5) is 0 Å². The fourth-order valence-electron chi connectivity index (χ4n) is 0.989. The molecule has 1 aromatic carbocycles. The highest BCUT2D eigenvalue weighted by molar-refractivity contribution is 6.18. The molecule has 1 aromatic rings. The molecule has 1 amide bonds. The van der Waals surface area contributed by atoms with E-state index in [1.165, 1.54) is 0 Å². The number of nitrogens with one attached hydrogen (secondary N) is 1. The van der Waals surface area contributed by atoms with Gasteiger partial charge in [-0.2, -0.15) is 0 Å². The molecule has 0 bridgehead atoms. The molecule has 0 heterocycles. The lowest BCUT2D eigenvalue weighted by molar-refractivity contribution is -0.120. The molecular weight excluding hydrogens is 202 g/mol. The van der Waals surface area contributed by atoms with E-state index < -0.39 is 0 Å². The van der Waals surface area contributed by atoms with Gasteiger partial charge in [0.15, 0.2) is 0 Å². The van der Waals surface area contributed by atoms with Crippen molar-refractivity contribution in [1.29, 1.82) is 0 Å². The van der Waals surface area contributed by atoms with Crippen molar-refractivity contribution < 1.29 is 9.90 Å². The number of hydrogen-bond donors (Lipinski definition) is 2. The lowest BCUT2D eigenvalue weighted by Crippen LogP contribution is -2.22. The minimum absolute atomic E-state index is 0.0620. The number of carbonyl (C=O) groups excluding carboxylic acids is 1. The Balaban J connectivity index is 2.38. The monoisotopic (exact) mass is 213 g/mol. The second-order valence-electron chi connectivity index (χ2n) is 2.88. The molecule has 2 N–H and O–H groups in total. The van der Waals surface area contributed by atoms with Gasteiger partial charge in [-0.3, -0.25) is 4.79 Å². The number of halogens is 1. The van der Waals surface area contributed by atoms with Gasteiger partial charge in [0.05, 0.1) is 0 Å². The van der Waals surface area contributed by atoms with E-state index in [2.05, 4.69) is 5.32 Å². The van der Waals surface area contributed by atoms with Gasteiger partial charge in [-0.1, -0.05) is 12.1 Å². The van der Waals surface area contributed by atoms with Gasteiger partial charge in [-0.25, -0.2) is 0 Å². The maximum Gasteiger partial charge on any atom is 0.221 e. The highest BCUT2D eigenvalue weighted by atomic mass is 35.5. The van der Waals surface area contributed by atoms with Crippen molar-refractivity contribution >= 4 is 17.5 Å². The zero-order valence-corrected chi connectivity index (χ0v) is 8.42. The van der Waals surface area contributed by atoms with Crippen LogP contribution in [-0.4, -0.2) is 16.9 Å². The van der Waals surface area contributed by atoms with Crippen LogP contribution in [0.5, 0.6) is 5.75 Å². The highest BCUT2D eigenvalue weighted by Gasteiger charge is 1.99. The van der Waals surface area contributed by atoms with Crippen LogP contribution in [0.15, 0.2) is 24.3 Å². The zero-order chi connectivity index (χ0) is 10.4. The molecule has 1 rings (SSSR count). The number of benzene rings is 1. The maximum absolute atomic E-state index is 11.0. The Morgan fingerprint density at radius 1 is 1.36 bits per heavy atom. The standard InChI is InChI=1S/C10H12ClNO2/c11-6-5-10(14)12-7-8-1-3-9(13)4-2-8/h1-4,13H,5-7H2,(H,12,14). The summed E-state index contributed by atoms with van der Waals surface area (Å²) in [7, 11) is 0. The molecule has 0 aliphatic rings. The molecule has 0 saturated carbocycles. The number of hydrogen-bond acceptors (Lipinski definition) is 2. The SMILES string of the molecule is O=C(CCCl)NCc1ccc(O)cc1. The number of carbonyl (C=O) groups is 1. The molecule has 0 fully saturated rings. The topological polar surface area (TPSA) is 49.3 Å². The van der Waals surface area contributed by atoms with Crippen LogP contribution in [0.25, 0.3) is 0 Å². The molecule has 76 valence electrons. The van der Waals surface area contributed by atoms with E-state index in [0.29, 0.717) is 18.8 Å². The molecule has 3 nitrogen and oxygen atoms in total. The van der Waals surface area contributed by atoms with Crippen LogP contribution in [0, 0.1) is 0 Å². The predicted octanol–water partition coefficient (Wildman–Crippen LogP) is 1.64. The zero-order valence-electron chi connectivity index (χ0n) is 7.66. The fourth-order valence-corrected chi connectivity index (χ4v) is 1.16. The minimum Gasteiger partial charge on any atom is -0.508 e.